The van der Waals surface area contributed by atoms with Crippen molar-refractivity contribution < 1.29 is 45.7 Å². The first kappa shape index (κ1) is 33.9. The van der Waals surface area contributed by atoms with Crippen molar-refractivity contribution in [1.82, 2.24) is 5.32 Å². The fourth-order valence-electron chi connectivity index (χ4n) is 4.69. The Hall–Kier alpha value is -5.00. The lowest BCUT2D eigenvalue weighted by Crippen LogP contribution is -2.54. The zero-order valence-electron chi connectivity index (χ0n) is 24.7. The fourth-order valence-corrected chi connectivity index (χ4v) is 4.69. The number of carbonyl (C=O) groups is 1. The Bertz CT molecular complexity index is 1640. The molecule has 4 rings (SSSR count). The smallest absolute Gasteiger partial charge is 0.411 e. The van der Waals surface area contributed by atoms with E-state index < -0.39 is 34.6 Å². The van der Waals surface area contributed by atoms with E-state index in [0.29, 0.717) is 29.0 Å². The topological polar surface area (TPSA) is 91.6 Å². The van der Waals surface area contributed by atoms with Crippen LogP contribution in [0.25, 0.3) is 0 Å². The zero-order valence-corrected chi connectivity index (χ0v) is 24.7. The van der Waals surface area contributed by atoms with Gasteiger partial charge in [0.05, 0.1) is 0 Å². The Morgan fingerprint density at radius 1 is 0.739 bits per heavy atom. The van der Waals surface area contributed by atoms with Gasteiger partial charge in [-0.25, -0.2) is 0 Å². The van der Waals surface area contributed by atoms with Crippen LogP contribution in [0.1, 0.15) is 41.7 Å². The van der Waals surface area contributed by atoms with E-state index in [4.69, 9.17) is 14.9 Å². The number of carbonyl (C=O) groups excluding carboxylic acids is 1. The third-order valence-electron chi connectivity index (χ3n) is 7.16. The molecule has 12 heteroatoms. The molecule has 0 bridgehead atoms. The van der Waals surface area contributed by atoms with E-state index in [1.165, 1.54) is 0 Å². The molecule has 4 aromatic carbocycles. The lowest BCUT2D eigenvalue weighted by molar-refractivity contribution is -0.288. The van der Waals surface area contributed by atoms with E-state index in [1.807, 2.05) is 0 Å². The summed E-state index contributed by atoms with van der Waals surface area (Å²) in [5.41, 5.74) is -4.49. The Kier molecular flexibility index (Phi) is 9.98. The molecular weight excluding hydrogens is 614 g/mol. The first-order valence-electron chi connectivity index (χ1n) is 14.0. The van der Waals surface area contributed by atoms with E-state index in [2.05, 4.69) is 5.32 Å². The van der Waals surface area contributed by atoms with Crippen LogP contribution in [-0.4, -0.2) is 29.2 Å². The molecule has 6 nitrogen and oxygen atoms in total. The molecule has 0 aliphatic carbocycles. The number of amides is 1. The number of benzene rings is 4. The third-order valence-corrected chi connectivity index (χ3v) is 7.16. The van der Waals surface area contributed by atoms with Crippen LogP contribution in [0.3, 0.4) is 0 Å². The molecule has 0 saturated carbocycles. The van der Waals surface area contributed by atoms with E-state index in [1.54, 1.807) is 62.4 Å². The quantitative estimate of drug-likeness (QED) is 0.0926. The SMILES string of the molecule is CC(C)C(=O)NC(=N)c1ccc(OCc2cccc(COc3ccc(C(c4ccc(O)cc4)(C(F)(F)F)C(F)(F)F)cc3)c2)cc1. The molecule has 46 heavy (non-hydrogen) atoms. The van der Waals surface area contributed by atoms with Crippen LogP contribution < -0.4 is 14.8 Å². The minimum absolute atomic E-state index is 0.0201. The molecule has 0 atom stereocenters. The predicted molar refractivity (Wildman–Crippen MR) is 159 cm³/mol. The summed E-state index contributed by atoms with van der Waals surface area (Å²) in [4.78, 5) is 11.8. The fraction of sp³-hybridized carbons (Fsp3) is 0.235. The van der Waals surface area contributed by atoms with Crippen LogP contribution in [0.15, 0.2) is 97.1 Å². The lowest BCUT2D eigenvalue weighted by Gasteiger charge is -2.38. The van der Waals surface area contributed by atoms with Gasteiger partial charge >= 0.3 is 12.4 Å². The van der Waals surface area contributed by atoms with Crippen LogP contribution in [0.2, 0.25) is 0 Å². The highest BCUT2D eigenvalue weighted by atomic mass is 19.4. The highest BCUT2D eigenvalue weighted by Gasteiger charge is 2.72. The van der Waals surface area contributed by atoms with Gasteiger partial charge in [-0.15, -0.1) is 0 Å². The van der Waals surface area contributed by atoms with Gasteiger partial charge in [0.25, 0.3) is 0 Å². The number of nitrogens with one attached hydrogen (secondary N) is 2. The molecule has 1 amide bonds. The maximum absolute atomic E-state index is 14.3. The molecule has 0 aliphatic heterocycles. The van der Waals surface area contributed by atoms with Crippen molar-refractivity contribution in [3.8, 4) is 17.2 Å². The van der Waals surface area contributed by atoms with Gasteiger partial charge in [0.15, 0.2) is 0 Å². The Labute approximate surface area is 261 Å². The van der Waals surface area contributed by atoms with Crippen molar-refractivity contribution >= 4 is 11.7 Å². The van der Waals surface area contributed by atoms with E-state index in [-0.39, 0.29) is 36.6 Å². The normalized spacial score (nSPS) is 12.1. The number of phenols is 1. The number of hydrogen-bond acceptors (Lipinski definition) is 5. The van der Waals surface area contributed by atoms with E-state index >= 15 is 0 Å². The van der Waals surface area contributed by atoms with E-state index in [0.717, 1.165) is 42.0 Å². The second-order valence-electron chi connectivity index (χ2n) is 10.8. The number of alkyl halides is 6. The maximum Gasteiger partial charge on any atom is 0.411 e. The molecule has 3 N–H and O–H groups in total. The van der Waals surface area contributed by atoms with E-state index in [9.17, 15) is 36.2 Å². The molecule has 0 saturated heterocycles. The Morgan fingerprint density at radius 2 is 1.17 bits per heavy atom. The lowest BCUT2D eigenvalue weighted by atomic mass is 9.73. The molecule has 0 radical (unpaired) electrons. The minimum atomic E-state index is -5.75. The summed E-state index contributed by atoms with van der Waals surface area (Å²) in [6.07, 6.45) is -11.5. The average Bonchev–Trinajstić information content (AvgIpc) is 3.00. The minimum Gasteiger partial charge on any atom is -0.508 e. The molecule has 0 fully saturated rings. The molecule has 0 spiro atoms. The second kappa shape index (κ2) is 13.6. The average molecular weight is 645 g/mol. The molecule has 0 aliphatic rings. The number of amidine groups is 1. The van der Waals surface area contributed by atoms with Gasteiger partial charge in [-0.05, 0) is 76.9 Å². The largest absolute Gasteiger partial charge is 0.508 e. The maximum atomic E-state index is 14.3. The molecule has 0 heterocycles. The summed E-state index contributed by atoms with van der Waals surface area (Å²) in [5, 5.41) is 20.0. The predicted octanol–water partition coefficient (Wildman–Crippen LogP) is 8.06. The van der Waals surface area contributed by atoms with Gasteiger partial charge in [0.2, 0.25) is 11.3 Å². The standard InChI is InChI=1S/C34H30F6N2O4/c1-21(2)31(44)42-30(41)24-6-14-28(15-7-24)45-19-22-4-3-5-23(18-22)20-46-29-16-10-26(11-17-29)32(33(35,36)37,34(38,39)40)25-8-12-27(43)13-9-25/h3-18,21,43H,19-20H2,1-2H3,(H2,41,42,44). The number of hydrogen-bond donors (Lipinski definition) is 3. The van der Waals surface area contributed by atoms with Crippen molar-refractivity contribution in [2.24, 2.45) is 5.92 Å². The van der Waals surface area contributed by atoms with Crippen molar-refractivity contribution in [1.29, 1.82) is 5.41 Å². The van der Waals surface area contributed by atoms with Gasteiger partial charge in [0.1, 0.15) is 36.3 Å². The third kappa shape index (κ3) is 7.44. The van der Waals surface area contributed by atoms with Crippen LogP contribution in [0, 0.1) is 11.3 Å². The zero-order chi connectivity index (χ0) is 33.7. The highest BCUT2D eigenvalue weighted by molar-refractivity contribution is 6.06. The monoisotopic (exact) mass is 644 g/mol. The number of aromatic hydroxyl groups is 1. The first-order chi connectivity index (χ1) is 21.6. The van der Waals surface area contributed by atoms with Gasteiger partial charge in [-0.3, -0.25) is 10.2 Å². The summed E-state index contributed by atoms with van der Waals surface area (Å²) in [7, 11) is 0. The Balaban J connectivity index is 1.42. The van der Waals surface area contributed by atoms with Crippen LogP contribution in [0.5, 0.6) is 17.2 Å². The van der Waals surface area contributed by atoms with Crippen LogP contribution >= 0.6 is 0 Å². The van der Waals surface area contributed by atoms with Crippen LogP contribution in [0.4, 0.5) is 26.3 Å². The summed E-state index contributed by atoms with van der Waals surface area (Å²) in [6.45, 7) is 3.61. The van der Waals surface area contributed by atoms with Gasteiger partial charge in [-0.1, -0.05) is 56.3 Å². The van der Waals surface area contributed by atoms with Crippen molar-refractivity contribution in [2.75, 3.05) is 0 Å². The molecule has 0 aromatic heterocycles. The summed E-state index contributed by atoms with van der Waals surface area (Å²) < 4.78 is 97.2. The van der Waals surface area contributed by atoms with Crippen molar-refractivity contribution in [2.45, 2.75) is 44.8 Å². The number of rotatable bonds is 10. The molecular formula is C34H30F6N2O4. The highest BCUT2D eigenvalue weighted by Crippen LogP contribution is 2.56. The van der Waals surface area contributed by atoms with Crippen LogP contribution in [-0.2, 0) is 23.4 Å². The number of ether oxygens (including phenoxy) is 2. The molecule has 0 unspecified atom stereocenters. The van der Waals surface area contributed by atoms with Gasteiger partial charge < -0.3 is 19.9 Å². The van der Waals surface area contributed by atoms with Gasteiger partial charge in [0, 0.05) is 11.5 Å². The van der Waals surface area contributed by atoms with Crippen molar-refractivity contribution in [3.05, 3.63) is 125 Å². The second-order valence-corrected chi connectivity index (χ2v) is 10.8. The number of halogens is 6. The van der Waals surface area contributed by atoms with Gasteiger partial charge in [-0.2, -0.15) is 26.3 Å². The summed E-state index contributed by atoms with van der Waals surface area (Å²) in [6, 6.07) is 20.0. The van der Waals surface area contributed by atoms with Crippen molar-refractivity contribution in [3.63, 3.8) is 0 Å². The molecule has 242 valence electrons. The number of phenolic OH excluding ortho intramolecular Hbond substituents is 1. The molecule has 4 aromatic rings. The first-order valence-corrected chi connectivity index (χ1v) is 14.0. The summed E-state index contributed by atoms with van der Waals surface area (Å²) >= 11 is 0. The Morgan fingerprint density at radius 3 is 1.61 bits per heavy atom. The summed E-state index contributed by atoms with van der Waals surface area (Å²) in [5.74, 6) is -0.433.